The molecule has 0 aliphatic heterocycles. The summed E-state index contributed by atoms with van der Waals surface area (Å²) in [6.07, 6.45) is 1.62. The quantitative estimate of drug-likeness (QED) is 0.430. The number of rotatable bonds is 0. The number of hydrogen-bond donors (Lipinski definition) is 2. The molecular weight excluding hydrogens is 159 g/mol. The number of nitrogens with two attached hydrogens (primary N) is 1. The predicted octanol–water partition coefficient (Wildman–Crippen LogP) is 0.304. The maximum atomic E-state index is 5.30. The molecule has 44 valence electrons. The second kappa shape index (κ2) is 4.71. The van der Waals surface area contributed by atoms with Crippen LogP contribution in [0.15, 0.2) is 23.2 Å². The Hall–Kier alpha value is 0.936. The van der Waals surface area contributed by atoms with Crippen LogP contribution in [0.4, 0.5) is 5.82 Å². The number of pyridine rings is 1. The molecule has 0 bridgehead atoms. The van der Waals surface area contributed by atoms with Gasteiger partial charge in [-0.25, -0.2) is 4.98 Å². The Morgan fingerprint density at radius 1 is 1.56 bits per heavy atom. The van der Waals surface area contributed by atoms with E-state index in [4.69, 9.17) is 5.73 Å². The van der Waals surface area contributed by atoms with Crippen molar-refractivity contribution in [1.29, 1.82) is 0 Å². The van der Waals surface area contributed by atoms with Gasteiger partial charge in [0.2, 0.25) is 0 Å². The monoisotopic (exact) mass is 166 g/mol. The fraction of sp³-hybridized carbons (Fsp3) is 0. The van der Waals surface area contributed by atoms with E-state index in [2.05, 4.69) is 17.6 Å². The molecule has 0 amide bonds. The van der Waals surface area contributed by atoms with Gasteiger partial charge in [-0.1, -0.05) is 0 Å². The van der Waals surface area contributed by atoms with Crippen LogP contribution in [0.2, 0.25) is 0 Å². The number of hydrogen-bond acceptors (Lipinski definition) is 3. The van der Waals surface area contributed by atoms with E-state index in [9.17, 15) is 0 Å². The zero-order valence-electron chi connectivity index (χ0n) is 4.20. The van der Waals surface area contributed by atoms with E-state index >= 15 is 0 Å². The topological polar surface area (TPSA) is 38.9 Å². The summed E-state index contributed by atoms with van der Waals surface area (Å²) >= 11 is 4.03. The fourth-order valence-electron chi connectivity index (χ4n) is 0.437. The van der Waals surface area contributed by atoms with E-state index < -0.39 is 0 Å². The summed E-state index contributed by atoms with van der Waals surface area (Å²) in [7, 11) is 0. The predicted molar refractivity (Wildman–Crippen MR) is 43.1 cm³/mol. The van der Waals surface area contributed by atoms with E-state index in [-0.39, 0.29) is 51.4 Å². The Kier molecular flexibility index (Phi) is 5.20. The minimum absolute atomic E-state index is 0. The van der Waals surface area contributed by atoms with E-state index in [1.54, 1.807) is 18.3 Å². The van der Waals surface area contributed by atoms with Crippen molar-refractivity contribution in [2.24, 2.45) is 0 Å². The summed E-state index contributed by atoms with van der Waals surface area (Å²) in [5.74, 6) is 0.512. The molecule has 0 fully saturated rings. The number of anilines is 1. The second-order valence-corrected chi connectivity index (χ2v) is 1.96. The molecule has 2 N–H and O–H groups in total. The van der Waals surface area contributed by atoms with Crippen LogP contribution >= 0.6 is 12.6 Å². The summed E-state index contributed by atoms with van der Waals surface area (Å²) in [6.45, 7) is 0. The first-order valence-electron chi connectivity index (χ1n) is 2.19. The van der Waals surface area contributed by atoms with E-state index in [0.29, 0.717) is 5.82 Å². The average molecular weight is 166 g/mol. The van der Waals surface area contributed by atoms with Crippen LogP contribution in [0.1, 0.15) is 0 Å². The van der Waals surface area contributed by atoms with Crippen LogP contribution in [0.5, 0.6) is 0 Å². The minimum atomic E-state index is 0. The molecule has 2 nitrogen and oxygen atoms in total. The van der Waals surface area contributed by atoms with Crippen LogP contribution < -0.4 is 5.73 Å². The third-order valence-electron chi connectivity index (χ3n) is 0.765. The second-order valence-electron chi connectivity index (χ2n) is 1.44. The van der Waals surface area contributed by atoms with E-state index in [1.165, 1.54) is 0 Å². The maximum absolute atomic E-state index is 5.30. The normalized spacial score (nSPS) is 8.11. The van der Waals surface area contributed by atoms with Crippen molar-refractivity contribution in [3.63, 3.8) is 0 Å². The van der Waals surface area contributed by atoms with Crippen LogP contribution in [0.25, 0.3) is 0 Å². The molecule has 1 aromatic heterocycles. The molecule has 0 spiro atoms. The molecule has 0 saturated heterocycles. The molecular formula is C5H7KN2S. The summed E-state index contributed by atoms with van der Waals surface area (Å²) in [5, 5.41) is 0. The van der Waals surface area contributed by atoms with Gasteiger partial charge in [-0.3, -0.25) is 0 Å². The van der Waals surface area contributed by atoms with Crippen molar-refractivity contribution in [2.75, 3.05) is 5.73 Å². The van der Waals surface area contributed by atoms with Gasteiger partial charge in [-0.05, 0) is 12.1 Å². The Labute approximate surface area is 102 Å². The van der Waals surface area contributed by atoms with Crippen molar-refractivity contribution in [1.82, 2.24) is 4.98 Å². The van der Waals surface area contributed by atoms with Crippen molar-refractivity contribution in [2.45, 2.75) is 4.90 Å². The number of nitrogen functional groups attached to an aromatic ring is 1. The first-order valence-corrected chi connectivity index (χ1v) is 2.64. The number of nitrogens with zero attached hydrogens (tertiary/aromatic N) is 1. The molecule has 1 heterocycles. The third kappa shape index (κ3) is 3.59. The van der Waals surface area contributed by atoms with Gasteiger partial charge in [-0.15, -0.1) is 12.6 Å². The first-order chi connectivity index (χ1) is 3.79. The van der Waals surface area contributed by atoms with Gasteiger partial charge in [-0.2, -0.15) is 0 Å². The molecule has 0 aliphatic rings. The molecule has 0 atom stereocenters. The van der Waals surface area contributed by atoms with Gasteiger partial charge in [0.25, 0.3) is 0 Å². The molecule has 9 heavy (non-hydrogen) atoms. The molecule has 4 heteroatoms. The molecule has 0 aromatic carbocycles. The summed E-state index contributed by atoms with van der Waals surface area (Å²) in [5.41, 5.74) is 5.30. The van der Waals surface area contributed by atoms with Crippen LogP contribution in [0, 0.1) is 0 Å². The van der Waals surface area contributed by atoms with Gasteiger partial charge in [0, 0.05) is 11.1 Å². The molecule has 1 rings (SSSR count). The van der Waals surface area contributed by atoms with E-state index in [0.717, 1.165) is 4.90 Å². The third-order valence-corrected chi connectivity index (χ3v) is 1.04. The molecule has 0 aliphatic carbocycles. The van der Waals surface area contributed by atoms with Crippen LogP contribution in [-0.2, 0) is 0 Å². The molecule has 1 aromatic rings. The SMILES string of the molecule is Nc1cc(S)ccn1.[KH]. The molecule has 0 saturated carbocycles. The summed E-state index contributed by atoms with van der Waals surface area (Å²) in [4.78, 5) is 4.61. The summed E-state index contributed by atoms with van der Waals surface area (Å²) < 4.78 is 0. The standard InChI is InChI=1S/C5H6N2S.K.H/c6-5-3-4(8)1-2-7-5;;/h1-3H,(H3,6,7,8);;. The van der Waals surface area contributed by atoms with Gasteiger partial charge in [0.05, 0.1) is 0 Å². The molecule has 0 radical (unpaired) electrons. The zero-order chi connectivity index (χ0) is 5.98. The van der Waals surface area contributed by atoms with Gasteiger partial charge >= 0.3 is 51.4 Å². The first kappa shape index (κ1) is 9.94. The Balaban J connectivity index is 0.000000640. The average Bonchev–Trinajstić information content (AvgIpc) is 1.64. The Morgan fingerprint density at radius 3 is 2.56 bits per heavy atom. The van der Waals surface area contributed by atoms with Gasteiger partial charge < -0.3 is 5.73 Å². The Bertz CT molecular complexity index is 175. The molecule has 0 unspecified atom stereocenters. The van der Waals surface area contributed by atoms with Crippen molar-refractivity contribution in [3.8, 4) is 0 Å². The van der Waals surface area contributed by atoms with Gasteiger partial charge in [0.1, 0.15) is 5.82 Å². The summed E-state index contributed by atoms with van der Waals surface area (Å²) in [6, 6.07) is 3.47. The van der Waals surface area contributed by atoms with Crippen molar-refractivity contribution < 1.29 is 0 Å². The van der Waals surface area contributed by atoms with Crippen LogP contribution in [0.3, 0.4) is 0 Å². The Morgan fingerprint density at radius 2 is 2.22 bits per heavy atom. The fourth-order valence-corrected chi connectivity index (χ4v) is 0.636. The van der Waals surface area contributed by atoms with Crippen molar-refractivity contribution >= 4 is 69.8 Å². The number of aromatic nitrogens is 1. The van der Waals surface area contributed by atoms with E-state index in [1.807, 2.05) is 0 Å². The number of thiol groups is 1. The van der Waals surface area contributed by atoms with Gasteiger partial charge in [0.15, 0.2) is 0 Å². The van der Waals surface area contributed by atoms with Crippen LogP contribution in [-0.4, -0.2) is 56.4 Å². The van der Waals surface area contributed by atoms with Crippen molar-refractivity contribution in [3.05, 3.63) is 18.3 Å². The zero-order valence-corrected chi connectivity index (χ0v) is 5.10.